The van der Waals surface area contributed by atoms with Crippen molar-refractivity contribution in [1.29, 1.82) is 0 Å². The highest BCUT2D eigenvalue weighted by atomic mass is 15.1. The molecular formula is C37H40N2. The monoisotopic (exact) mass is 512 g/mol. The van der Waals surface area contributed by atoms with Crippen LogP contribution in [0.25, 0.3) is 39.3 Å². The molecular weight excluding hydrogens is 472 g/mol. The summed E-state index contributed by atoms with van der Waals surface area (Å²) >= 11 is 0. The molecule has 0 unspecified atom stereocenters. The third-order valence-corrected chi connectivity index (χ3v) is 7.91. The van der Waals surface area contributed by atoms with Crippen LogP contribution in [0.1, 0.15) is 74.3 Å². The molecule has 0 amide bonds. The summed E-state index contributed by atoms with van der Waals surface area (Å²) in [6.07, 6.45) is 5.10. The van der Waals surface area contributed by atoms with Crippen LogP contribution in [0.4, 0.5) is 0 Å². The second-order valence-corrected chi connectivity index (χ2v) is 11.3. The minimum absolute atomic E-state index is 0.364. The Hall–Kier alpha value is -3.91. The normalized spacial score (nSPS) is 11.5. The summed E-state index contributed by atoms with van der Waals surface area (Å²) in [6.45, 7) is 15.8. The molecule has 5 aromatic rings. The Morgan fingerprint density at radius 3 is 2.03 bits per heavy atom. The fourth-order valence-corrected chi connectivity index (χ4v) is 5.77. The molecule has 1 heterocycles. The van der Waals surface area contributed by atoms with Crippen molar-refractivity contribution in [2.45, 2.75) is 66.7 Å². The maximum absolute atomic E-state index is 4.97. The zero-order chi connectivity index (χ0) is 27.7. The second kappa shape index (κ2) is 11.1. The Kier molecular flexibility index (Phi) is 7.57. The summed E-state index contributed by atoms with van der Waals surface area (Å²) in [5.74, 6) is 1.73. The second-order valence-electron chi connectivity index (χ2n) is 11.3. The van der Waals surface area contributed by atoms with E-state index in [0.29, 0.717) is 11.8 Å². The van der Waals surface area contributed by atoms with Crippen molar-refractivity contribution in [3.8, 4) is 39.3 Å². The molecule has 5 rings (SSSR count). The summed E-state index contributed by atoms with van der Waals surface area (Å²) in [5.41, 5.74) is 14.2. The number of hydrogen-bond acceptors (Lipinski definition) is 1. The molecule has 1 aromatic heterocycles. The summed E-state index contributed by atoms with van der Waals surface area (Å²) in [5, 5.41) is 0. The van der Waals surface area contributed by atoms with Crippen molar-refractivity contribution in [3.63, 3.8) is 0 Å². The lowest BCUT2D eigenvalue weighted by atomic mass is 9.88. The third kappa shape index (κ3) is 5.08. The molecule has 0 aliphatic rings. The lowest BCUT2D eigenvalue weighted by Gasteiger charge is -2.24. The minimum Gasteiger partial charge on any atom is -0.299 e. The van der Waals surface area contributed by atoms with Crippen LogP contribution in [0.2, 0.25) is 0 Å². The van der Waals surface area contributed by atoms with Gasteiger partial charge in [0.15, 0.2) is 0 Å². The van der Waals surface area contributed by atoms with Crippen LogP contribution >= 0.6 is 0 Å². The van der Waals surface area contributed by atoms with Gasteiger partial charge in [0.2, 0.25) is 0 Å². The van der Waals surface area contributed by atoms with Gasteiger partial charge in [0.1, 0.15) is 5.82 Å². The summed E-state index contributed by atoms with van der Waals surface area (Å²) in [7, 11) is 0. The third-order valence-electron chi connectivity index (χ3n) is 7.91. The summed E-state index contributed by atoms with van der Waals surface area (Å²) in [6, 6.07) is 29.0. The van der Waals surface area contributed by atoms with E-state index in [0.717, 1.165) is 12.2 Å². The Morgan fingerprint density at radius 1 is 0.692 bits per heavy atom. The molecule has 0 saturated carbocycles. The topological polar surface area (TPSA) is 17.8 Å². The fourth-order valence-electron chi connectivity index (χ4n) is 5.77. The van der Waals surface area contributed by atoms with Gasteiger partial charge < -0.3 is 0 Å². The maximum atomic E-state index is 4.97. The first-order chi connectivity index (χ1) is 18.8. The molecule has 0 atom stereocenters. The van der Waals surface area contributed by atoms with Crippen molar-refractivity contribution < 1.29 is 0 Å². The number of benzene rings is 4. The van der Waals surface area contributed by atoms with Crippen molar-refractivity contribution in [1.82, 2.24) is 9.55 Å². The van der Waals surface area contributed by atoms with Gasteiger partial charge in [0.25, 0.3) is 0 Å². The molecule has 39 heavy (non-hydrogen) atoms. The predicted octanol–water partition coefficient (Wildman–Crippen LogP) is 10.3. The average molecular weight is 513 g/mol. The Bertz CT molecular complexity index is 1570. The van der Waals surface area contributed by atoms with Gasteiger partial charge in [-0.2, -0.15) is 0 Å². The quantitative estimate of drug-likeness (QED) is 0.212. The smallest absolute Gasteiger partial charge is 0.144 e. The molecule has 198 valence electrons. The number of rotatable bonds is 7. The van der Waals surface area contributed by atoms with Gasteiger partial charge in [-0.25, -0.2) is 4.98 Å². The van der Waals surface area contributed by atoms with Gasteiger partial charge in [-0.3, -0.25) is 4.57 Å². The van der Waals surface area contributed by atoms with Crippen molar-refractivity contribution in [2.24, 2.45) is 0 Å². The molecule has 0 bridgehead atoms. The van der Waals surface area contributed by atoms with Crippen LogP contribution in [-0.2, 0) is 6.42 Å². The van der Waals surface area contributed by atoms with E-state index in [9.17, 15) is 0 Å². The number of nitrogens with zero attached hydrogens (tertiary/aromatic N) is 2. The average Bonchev–Trinajstić information content (AvgIpc) is 3.42. The lowest BCUT2D eigenvalue weighted by molar-refractivity contribution is 0.807. The largest absolute Gasteiger partial charge is 0.299 e. The van der Waals surface area contributed by atoms with Gasteiger partial charge in [-0.15, -0.1) is 0 Å². The Morgan fingerprint density at radius 2 is 1.38 bits per heavy atom. The first kappa shape index (κ1) is 26.7. The molecule has 2 heteroatoms. The highest BCUT2D eigenvalue weighted by molar-refractivity contribution is 5.78. The maximum Gasteiger partial charge on any atom is 0.144 e. The Balaban J connectivity index is 1.73. The van der Waals surface area contributed by atoms with Crippen LogP contribution in [-0.4, -0.2) is 9.55 Å². The van der Waals surface area contributed by atoms with E-state index in [1.54, 1.807) is 0 Å². The van der Waals surface area contributed by atoms with Crippen molar-refractivity contribution in [3.05, 3.63) is 119 Å². The molecule has 0 saturated heterocycles. The zero-order valence-corrected chi connectivity index (χ0v) is 24.4. The molecule has 2 nitrogen and oxygen atoms in total. The summed E-state index contributed by atoms with van der Waals surface area (Å²) in [4.78, 5) is 4.97. The lowest BCUT2D eigenvalue weighted by Crippen LogP contribution is -2.09. The van der Waals surface area contributed by atoms with Gasteiger partial charge in [-0.05, 0) is 100 Å². The molecule has 4 aromatic carbocycles. The fraction of sp³-hybridized carbons (Fsp3) is 0.270. The molecule has 0 spiro atoms. The van der Waals surface area contributed by atoms with Crippen LogP contribution in [0, 0.1) is 13.8 Å². The van der Waals surface area contributed by atoms with Gasteiger partial charge >= 0.3 is 0 Å². The van der Waals surface area contributed by atoms with E-state index in [2.05, 4.69) is 138 Å². The van der Waals surface area contributed by atoms with Gasteiger partial charge in [0, 0.05) is 18.0 Å². The van der Waals surface area contributed by atoms with Crippen LogP contribution in [0.15, 0.2) is 91.3 Å². The van der Waals surface area contributed by atoms with Gasteiger partial charge in [-0.1, -0.05) is 95.3 Å². The zero-order valence-electron chi connectivity index (χ0n) is 24.4. The number of aryl methyl sites for hydroxylation is 3. The highest BCUT2D eigenvalue weighted by Crippen LogP contribution is 2.39. The summed E-state index contributed by atoms with van der Waals surface area (Å²) < 4.78 is 2.34. The first-order valence-electron chi connectivity index (χ1n) is 14.3. The van der Waals surface area contributed by atoms with E-state index in [1.165, 1.54) is 61.3 Å². The molecule has 0 aliphatic heterocycles. The van der Waals surface area contributed by atoms with E-state index < -0.39 is 0 Å². The molecule has 0 aliphatic carbocycles. The minimum atomic E-state index is 0.364. The SMILES string of the molecule is CCc1cccc(C)c1-c1ccc(C)c(-c2nccn2-c2c(C(C)C)cc(-c3ccccc3)cc2C(C)C)c1. The Labute approximate surface area is 234 Å². The molecule has 0 radical (unpaired) electrons. The number of imidazole rings is 1. The standard InChI is InChI=1S/C37H40N2/c1-8-28-16-12-13-27(7)35(28)30-18-17-26(6)34(21-30)37-38-19-20-39(37)36-32(24(2)3)22-31(23-33(36)25(4)5)29-14-10-9-11-15-29/h9-25H,8H2,1-7H3. The highest BCUT2D eigenvalue weighted by Gasteiger charge is 2.22. The van der Waals surface area contributed by atoms with Crippen LogP contribution < -0.4 is 0 Å². The van der Waals surface area contributed by atoms with E-state index >= 15 is 0 Å². The van der Waals surface area contributed by atoms with E-state index in [1.807, 2.05) is 6.20 Å². The number of aromatic nitrogens is 2. The van der Waals surface area contributed by atoms with E-state index in [4.69, 9.17) is 4.98 Å². The van der Waals surface area contributed by atoms with Crippen molar-refractivity contribution >= 4 is 0 Å². The first-order valence-corrected chi connectivity index (χ1v) is 14.3. The van der Waals surface area contributed by atoms with Crippen LogP contribution in [0.5, 0.6) is 0 Å². The molecule has 0 N–H and O–H groups in total. The van der Waals surface area contributed by atoms with Gasteiger partial charge in [0.05, 0.1) is 5.69 Å². The van der Waals surface area contributed by atoms with Crippen LogP contribution in [0.3, 0.4) is 0 Å². The van der Waals surface area contributed by atoms with Crippen molar-refractivity contribution in [2.75, 3.05) is 0 Å². The predicted molar refractivity (Wildman–Crippen MR) is 167 cm³/mol. The number of hydrogen-bond donors (Lipinski definition) is 0. The molecule has 0 fully saturated rings. The van der Waals surface area contributed by atoms with E-state index in [-0.39, 0.29) is 0 Å².